The molecule has 2 rings (SSSR count). The first-order valence-corrected chi connectivity index (χ1v) is 5.93. The molecule has 2 aromatic carbocycles. The first-order chi connectivity index (χ1) is 9.74. The average Bonchev–Trinajstić information content (AvgIpc) is 2.53. The van der Waals surface area contributed by atoms with Crippen LogP contribution in [0.4, 0.5) is 5.69 Å². The second-order valence-corrected chi connectivity index (χ2v) is 4.00. The molecule has 0 N–H and O–H groups in total. The van der Waals surface area contributed by atoms with Crippen LogP contribution in [0.2, 0.25) is 0 Å². The highest BCUT2D eigenvalue weighted by Gasteiger charge is 2.08. The lowest BCUT2D eigenvalue weighted by atomic mass is 10.0. The van der Waals surface area contributed by atoms with Gasteiger partial charge in [-0.05, 0) is 24.3 Å². The Morgan fingerprint density at radius 1 is 1.10 bits per heavy atom. The van der Waals surface area contributed by atoms with E-state index in [2.05, 4.69) is 10.8 Å². The van der Waals surface area contributed by atoms with E-state index in [0.29, 0.717) is 22.6 Å². The Labute approximate surface area is 117 Å². The second-order valence-electron chi connectivity index (χ2n) is 4.00. The van der Waals surface area contributed by atoms with Crippen molar-refractivity contribution in [3.63, 3.8) is 0 Å². The number of ketones is 1. The SMILES string of the molecule is [C-]#[N+]c1ccc(C(=O)c2ccc(OCC#C)cc2)cc1. The van der Waals surface area contributed by atoms with Gasteiger partial charge in [-0.2, -0.15) is 0 Å². The van der Waals surface area contributed by atoms with Gasteiger partial charge in [-0.1, -0.05) is 30.2 Å². The third-order valence-electron chi connectivity index (χ3n) is 2.70. The predicted octanol–water partition coefficient (Wildman–Crippen LogP) is 3.48. The number of hydrogen-bond donors (Lipinski definition) is 0. The van der Waals surface area contributed by atoms with Gasteiger partial charge in [0.05, 0.1) is 6.57 Å². The minimum Gasteiger partial charge on any atom is -0.481 e. The van der Waals surface area contributed by atoms with E-state index < -0.39 is 0 Å². The van der Waals surface area contributed by atoms with Crippen LogP contribution in [0, 0.1) is 18.9 Å². The molecule has 96 valence electrons. The van der Waals surface area contributed by atoms with Crippen molar-refractivity contribution >= 4 is 11.5 Å². The third kappa shape index (κ3) is 3.04. The van der Waals surface area contributed by atoms with Crippen molar-refractivity contribution in [1.82, 2.24) is 0 Å². The molecule has 0 amide bonds. The van der Waals surface area contributed by atoms with Crippen LogP contribution in [0.25, 0.3) is 4.85 Å². The number of carbonyl (C=O) groups excluding carboxylic acids is 1. The van der Waals surface area contributed by atoms with Crippen LogP contribution in [0.5, 0.6) is 5.75 Å². The van der Waals surface area contributed by atoms with Gasteiger partial charge in [-0.25, -0.2) is 4.85 Å². The molecular formula is C17H11NO2. The molecule has 0 aliphatic heterocycles. The monoisotopic (exact) mass is 261 g/mol. The van der Waals surface area contributed by atoms with Gasteiger partial charge < -0.3 is 4.74 Å². The lowest BCUT2D eigenvalue weighted by Gasteiger charge is -2.04. The lowest BCUT2D eigenvalue weighted by molar-refractivity contribution is 0.103. The quantitative estimate of drug-likeness (QED) is 0.479. The molecule has 3 heteroatoms. The molecule has 0 aliphatic rings. The minimum absolute atomic E-state index is 0.0926. The number of rotatable bonds is 4. The van der Waals surface area contributed by atoms with E-state index >= 15 is 0 Å². The Balaban J connectivity index is 2.16. The molecule has 0 unspecified atom stereocenters. The standard InChI is InChI=1S/C17H11NO2/c1-3-12-20-16-10-6-14(7-11-16)17(19)13-4-8-15(18-2)9-5-13/h1,4-11H,12H2. The van der Waals surface area contributed by atoms with E-state index in [9.17, 15) is 4.79 Å². The molecule has 3 nitrogen and oxygen atoms in total. The summed E-state index contributed by atoms with van der Waals surface area (Å²) >= 11 is 0. The van der Waals surface area contributed by atoms with Crippen molar-refractivity contribution in [2.45, 2.75) is 0 Å². The van der Waals surface area contributed by atoms with Gasteiger partial charge in [-0.15, -0.1) is 6.42 Å². The average molecular weight is 261 g/mol. The third-order valence-corrected chi connectivity index (χ3v) is 2.70. The van der Waals surface area contributed by atoms with Crippen LogP contribution < -0.4 is 4.74 Å². The number of benzene rings is 2. The molecule has 0 atom stereocenters. The summed E-state index contributed by atoms with van der Waals surface area (Å²) in [6, 6.07) is 13.4. The second kappa shape index (κ2) is 6.22. The first kappa shape index (κ1) is 13.4. The highest BCUT2D eigenvalue weighted by molar-refractivity contribution is 6.09. The molecule has 0 aromatic heterocycles. The smallest absolute Gasteiger partial charge is 0.192 e. The Bertz CT molecular complexity index is 686. The van der Waals surface area contributed by atoms with Crippen LogP contribution in [-0.4, -0.2) is 12.4 Å². The number of terminal acetylenes is 1. The first-order valence-electron chi connectivity index (χ1n) is 5.93. The van der Waals surface area contributed by atoms with E-state index in [1.165, 1.54) is 0 Å². The van der Waals surface area contributed by atoms with Crippen molar-refractivity contribution in [3.05, 3.63) is 71.1 Å². The van der Waals surface area contributed by atoms with E-state index in [1.54, 1.807) is 48.5 Å². The maximum Gasteiger partial charge on any atom is 0.192 e. The molecule has 0 fully saturated rings. The summed E-state index contributed by atoms with van der Waals surface area (Å²) in [5.74, 6) is 2.91. The Morgan fingerprint density at radius 2 is 1.65 bits per heavy atom. The number of ether oxygens (including phenoxy) is 1. The summed E-state index contributed by atoms with van der Waals surface area (Å²) in [5, 5.41) is 0. The van der Waals surface area contributed by atoms with Gasteiger partial charge in [0, 0.05) is 11.1 Å². The van der Waals surface area contributed by atoms with E-state index in [-0.39, 0.29) is 12.4 Å². The summed E-state index contributed by atoms with van der Waals surface area (Å²) in [7, 11) is 0. The van der Waals surface area contributed by atoms with Gasteiger partial charge in [0.25, 0.3) is 0 Å². The van der Waals surface area contributed by atoms with Crippen LogP contribution in [-0.2, 0) is 0 Å². The summed E-state index contributed by atoms with van der Waals surface area (Å²) in [6.07, 6.45) is 5.10. The topological polar surface area (TPSA) is 30.7 Å². The van der Waals surface area contributed by atoms with Gasteiger partial charge in [-0.3, -0.25) is 4.79 Å². The highest BCUT2D eigenvalue weighted by atomic mass is 16.5. The maximum atomic E-state index is 12.2. The highest BCUT2D eigenvalue weighted by Crippen LogP contribution is 2.18. The van der Waals surface area contributed by atoms with E-state index in [0.717, 1.165) is 0 Å². The van der Waals surface area contributed by atoms with Crippen LogP contribution in [0.1, 0.15) is 15.9 Å². The van der Waals surface area contributed by atoms with Crippen molar-refractivity contribution in [1.29, 1.82) is 0 Å². The van der Waals surface area contributed by atoms with Gasteiger partial charge in [0.2, 0.25) is 0 Å². The molecule has 2 aromatic rings. The van der Waals surface area contributed by atoms with Crippen molar-refractivity contribution < 1.29 is 9.53 Å². The molecule has 0 radical (unpaired) electrons. The largest absolute Gasteiger partial charge is 0.481 e. The van der Waals surface area contributed by atoms with Crippen molar-refractivity contribution in [2.24, 2.45) is 0 Å². The molecule has 0 bridgehead atoms. The Morgan fingerprint density at radius 3 is 2.15 bits per heavy atom. The zero-order valence-corrected chi connectivity index (χ0v) is 10.7. The maximum absolute atomic E-state index is 12.2. The van der Waals surface area contributed by atoms with E-state index in [1.807, 2.05) is 0 Å². The lowest BCUT2D eigenvalue weighted by Crippen LogP contribution is -2.01. The van der Waals surface area contributed by atoms with Crippen LogP contribution in [0.3, 0.4) is 0 Å². The molecule has 0 spiro atoms. The predicted molar refractivity (Wildman–Crippen MR) is 76.9 cm³/mol. The summed E-state index contributed by atoms with van der Waals surface area (Å²) in [5.41, 5.74) is 1.63. The van der Waals surface area contributed by atoms with Gasteiger partial charge >= 0.3 is 0 Å². The molecule has 0 heterocycles. The molecule has 0 aliphatic carbocycles. The Kier molecular flexibility index (Phi) is 4.17. The zero-order chi connectivity index (χ0) is 14.4. The fourth-order valence-electron chi connectivity index (χ4n) is 1.68. The summed E-state index contributed by atoms with van der Waals surface area (Å²) in [4.78, 5) is 15.5. The number of nitrogens with zero attached hydrogens (tertiary/aromatic N) is 1. The van der Waals surface area contributed by atoms with Crippen molar-refractivity contribution in [3.8, 4) is 18.1 Å². The fourth-order valence-corrected chi connectivity index (χ4v) is 1.68. The minimum atomic E-state index is -0.0926. The fraction of sp³-hybridized carbons (Fsp3) is 0.0588. The molecular weight excluding hydrogens is 250 g/mol. The van der Waals surface area contributed by atoms with Gasteiger partial charge in [0.1, 0.15) is 12.4 Å². The molecule has 0 saturated carbocycles. The zero-order valence-electron chi connectivity index (χ0n) is 10.7. The summed E-state index contributed by atoms with van der Waals surface area (Å²) < 4.78 is 5.25. The van der Waals surface area contributed by atoms with E-state index in [4.69, 9.17) is 17.7 Å². The Hall–Kier alpha value is -3.04. The van der Waals surface area contributed by atoms with Crippen LogP contribution >= 0.6 is 0 Å². The number of hydrogen-bond acceptors (Lipinski definition) is 2. The van der Waals surface area contributed by atoms with Crippen molar-refractivity contribution in [2.75, 3.05) is 6.61 Å². The summed E-state index contributed by atoms with van der Waals surface area (Å²) in [6.45, 7) is 7.08. The molecule has 0 saturated heterocycles. The normalized spacial score (nSPS) is 9.30. The number of carbonyl (C=O) groups is 1. The van der Waals surface area contributed by atoms with Crippen LogP contribution in [0.15, 0.2) is 48.5 Å². The molecule has 20 heavy (non-hydrogen) atoms. The van der Waals surface area contributed by atoms with Gasteiger partial charge in [0.15, 0.2) is 11.5 Å².